The zero-order valence-corrected chi connectivity index (χ0v) is 19.6. The Bertz CT molecular complexity index is 1040. The van der Waals surface area contributed by atoms with Crippen LogP contribution in [0.4, 0.5) is 11.4 Å². The number of anilines is 1. The van der Waals surface area contributed by atoms with Gasteiger partial charge in [0.15, 0.2) is 5.11 Å². The Morgan fingerprint density at radius 3 is 2.34 bits per heavy atom. The summed E-state index contributed by atoms with van der Waals surface area (Å²) in [4.78, 5) is 39.1. The molecule has 1 amide bonds. The molecule has 0 unspecified atom stereocenters. The standard InChI is InChI=1S/C21H21BrN4O5S/c1-2-31-20(28)15-5-8-17(18(13-15)26(29)30)24-9-11-25(12-10-24)21(32)23-19(27)14-3-6-16(22)7-4-14/h3-8,13H,2,9-12H2,1H3,(H,23,27,32). The molecule has 32 heavy (non-hydrogen) atoms. The molecule has 0 radical (unpaired) electrons. The largest absolute Gasteiger partial charge is 0.462 e. The zero-order chi connectivity index (χ0) is 23.3. The van der Waals surface area contributed by atoms with Gasteiger partial charge in [0.2, 0.25) is 0 Å². The molecule has 0 aliphatic carbocycles. The molecule has 1 aliphatic rings. The Hall–Kier alpha value is -3.05. The molecule has 1 heterocycles. The Morgan fingerprint density at radius 1 is 1.12 bits per heavy atom. The minimum absolute atomic E-state index is 0.137. The molecule has 0 spiro atoms. The molecule has 1 N–H and O–H groups in total. The number of hydrogen-bond acceptors (Lipinski definition) is 7. The molecule has 1 saturated heterocycles. The number of ether oxygens (including phenoxy) is 1. The first-order valence-electron chi connectivity index (χ1n) is 9.86. The third-order valence-corrected chi connectivity index (χ3v) is 5.81. The number of nitrogens with one attached hydrogen (secondary N) is 1. The number of carbonyl (C=O) groups is 2. The summed E-state index contributed by atoms with van der Waals surface area (Å²) in [6, 6.07) is 11.3. The Morgan fingerprint density at radius 2 is 1.75 bits per heavy atom. The topological polar surface area (TPSA) is 105 Å². The highest BCUT2D eigenvalue weighted by atomic mass is 79.9. The highest BCUT2D eigenvalue weighted by Gasteiger charge is 2.26. The van der Waals surface area contributed by atoms with Gasteiger partial charge in [-0.3, -0.25) is 20.2 Å². The van der Waals surface area contributed by atoms with E-state index in [1.54, 1.807) is 37.3 Å². The number of benzene rings is 2. The van der Waals surface area contributed by atoms with Gasteiger partial charge in [0.1, 0.15) is 5.69 Å². The average Bonchev–Trinajstić information content (AvgIpc) is 2.79. The lowest BCUT2D eigenvalue weighted by Crippen LogP contribution is -2.52. The first-order valence-corrected chi connectivity index (χ1v) is 11.1. The number of piperazine rings is 1. The van der Waals surface area contributed by atoms with Gasteiger partial charge in [0, 0.05) is 42.3 Å². The van der Waals surface area contributed by atoms with Gasteiger partial charge >= 0.3 is 5.97 Å². The second-order valence-corrected chi connectivity index (χ2v) is 8.22. The predicted octanol–water partition coefficient (Wildman–Crippen LogP) is 3.37. The molecule has 11 heteroatoms. The van der Waals surface area contributed by atoms with Gasteiger partial charge in [-0.05, 0) is 55.5 Å². The van der Waals surface area contributed by atoms with Gasteiger partial charge in [-0.1, -0.05) is 15.9 Å². The molecule has 2 aromatic rings. The molecule has 9 nitrogen and oxygen atoms in total. The molecular formula is C21H21BrN4O5S. The van der Waals surface area contributed by atoms with Crippen molar-refractivity contribution in [3.8, 4) is 0 Å². The third-order valence-electron chi connectivity index (χ3n) is 4.92. The van der Waals surface area contributed by atoms with Crippen LogP contribution in [0.15, 0.2) is 46.9 Å². The van der Waals surface area contributed by atoms with Crippen LogP contribution in [0.5, 0.6) is 0 Å². The molecule has 0 bridgehead atoms. The van der Waals surface area contributed by atoms with Crippen molar-refractivity contribution in [2.75, 3.05) is 37.7 Å². The summed E-state index contributed by atoms with van der Waals surface area (Å²) in [5.74, 6) is -0.894. The van der Waals surface area contributed by atoms with Crippen LogP contribution in [-0.4, -0.2) is 59.6 Å². The normalized spacial score (nSPS) is 13.4. The molecule has 1 fully saturated rings. The second-order valence-electron chi connectivity index (χ2n) is 6.92. The van der Waals surface area contributed by atoms with E-state index >= 15 is 0 Å². The highest BCUT2D eigenvalue weighted by Crippen LogP contribution is 2.30. The summed E-state index contributed by atoms with van der Waals surface area (Å²) in [5.41, 5.74) is 0.895. The lowest BCUT2D eigenvalue weighted by molar-refractivity contribution is -0.384. The predicted molar refractivity (Wildman–Crippen MR) is 127 cm³/mol. The summed E-state index contributed by atoms with van der Waals surface area (Å²) in [7, 11) is 0. The van der Waals surface area contributed by atoms with Crippen molar-refractivity contribution in [2.24, 2.45) is 0 Å². The van der Waals surface area contributed by atoms with Crippen molar-refractivity contribution >= 4 is 56.5 Å². The number of nitrogens with zero attached hydrogens (tertiary/aromatic N) is 3. The van der Waals surface area contributed by atoms with E-state index in [-0.39, 0.29) is 23.8 Å². The summed E-state index contributed by atoms with van der Waals surface area (Å²) < 4.78 is 5.80. The maximum absolute atomic E-state index is 12.4. The van der Waals surface area contributed by atoms with Gasteiger partial charge in [-0.15, -0.1) is 0 Å². The maximum Gasteiger partial charge on any atom is 0.338 e. The van der Waals surface area contributed by atoms with Crippen LogP contribution in [0.3, 0.4) is 0 Å². The minimum Gasteiger partial charge on any atom is -0.462 e. The van der Waals surface area contributed by atoms with E-state index < -0.39 is 10.9 Å². The summed E-state index contributed by atoms with van der Waals surface area (Å²) in [6.45, 7) is 3.76. The van der Waals surface area contributed by atoms with E-state index in [1.165, 1.54) is 12.1 Å². The van der Waals surface area contributed by atoms with Crippen molar-refractivity contribution in [2.45, 2.75) is 6.92 Å². The molecule has 1 aliphatic heterocycles. The van der Waals surface area contributed by atoms with Crippen molar-refractivity contribution < 1.29 is 19.2 Å². The molecule has 2 aromatic carbocycles. The average molecular weight is 521 g/mol. The van der Waals surface area contributed by atoms with Crippen LogP contribution in [-0.2, 0) is 4.74 Å². The van der Waals surface area contributed by atoms with Gasteiger partial charge in [-0.2, -0.15) is 0 Å². The summed E-state index contributed by atoms with van der Waals surface area (Å²) in [5, 5.41) is 14.6. The van der Waals surface area contributed by atoms with Gasteiger partial charge in [0.25, 0.3) is 11.6 Å². The number of rotatable bonds is 5. The van der Waals surface area contributed by atoms with E-state index in [2.05, 4.69) is 21.2 Å². The lowest BCUT2D eigenvalue weighted by Gasteiger charge is -2.37. The first kappa shape index (κ1) is 23.6. The number of thiocarbonyl (C=S) groups is 1. The Balaban J connectivity index is 1.64. The Kier molecular flexibility index (Phi) is 7.75. The van der Waals surface area contributed by atoms with Crippen LogP contribution in [0.25, 0.3) is 0 Å². The smallest absolute Gasteiger partial charge is 0.338 e. The lowest BCUT2D eigenvalue weighted by atomic mass is 10.1. The monoisotopic (exact) mass is 520 g/mol. The number of nitro benzene ring substituents is 1. The van der Waals surface area contributed by atoms with E-state index in [1.807, 2.05) is 9.80 Å². The van der Waals surface area contributed by atoms with Crippen molar-refractivity contribution in [1.29, 1.82) is 0 Å². The molecule has 168 valence electrons. The van der Waals surface area contributed by atoms with E-state index in [0.29, 0.717) is 42.5 Å². The number of carbonyl (C=O) groups excluding carboxylic acids is 2. The van der Waals surface area contributed by atoms with Crippen molar-refractivity contribution in [3.05, 3.63) is 68.2 Å². The first-order chi connectivity index (χ1) is 15.3. The SMILES string of the molecule is CCOC(=O)c1ccc(N2CCN(C(=S)NC(=O)c3ccc(Br)cc3)CC2)c([N+](=O)[O-])c1. The van der Waals surface area contributed by atoms with Crippen LogP contribution in [0.1, 0.15) is 27.6 Å². The quantitative estimate of drug-likeness (QED) is 0.277. The van der Waals surface area contributed by atoms with Crippen molar-refractivity contribution in [3.63, 3.8) is 0 Å². The van der Waals surface area contributed by atoms with E-state index in [0.717, 1.165) is 4.47 Å². The number of nitro groups is 1. The molecular weight excluding hydrogens is 500 g/mol. The fraction of sp³-hybridized carbons (Fsp3) is 0.286. The zero-order valence-electron chi connectivity index (χ0n) is 17.2. The van der Waals surface area contributed by atoms with Gasteiger partial charge in [-0.25, -0.2) is 4.79 Å². The van der Waals surface area contributed by atoms with Crippen LogP contribution >= 0.6 is 28.1 Å². The van der Waals surface area contributed by atoms with Gasteiger partial charge in [0.05, 0.1) is 17.1 Å². The number of amides is 1. The van der Waals surface area contributed by atoms with Crippen LogP contribution in [0, 0.1) is 10.1 Å². The maximum atomic E-state index is 12.4. The fourth-order valence-electron chi connectivity index (χ4n) is 3.28. The van der Waals surface area contributed by atoms with Crippen LogP contribution < -0.4 is 10.2 Å². The highest BCUT2D eigenvalue weighted by molar-refractivity contribution is 9.10. The molecule has 3 rings (SSSR count). The minimum atomic E-state index is -0.598. The second kappa shape index (κ2) is 10.5. The van der Waals surface area contributed by atoms with Crippen LogP contribution in [0.2, 0.25) is 0 Å². The molecule has 0 atom stereocenters. The van der Waals surface area contributed by atoms with Gasteiger partial charge < -0.3 is 14.5 Å². The molecule has 0 saturated carbocycles. The van der Waals surface area contributed by atoms with Crippen molar-refractivity contribution in [1.82, 2.24) is 10.2 Å². The third kappa shape index (κ3) is 5.60. The number of esters is 1. The summed E-state index contributed by atoms with van der Waals surface area (Å²) >= 11 is 8.71. The van der Waals surface area contributed by atoms with E-state index in [4.69, 9.17) is 17.0 Å². The Labute approximate surface area is 198 Å². The van der Waals surface area contributed by atoms with E-state index in [9.17, 15) is 19.7 Å². The molecule has 0 aromatic heterocycles. The summed E-state index contributed by atoms with van der Waals surface area (Å²) in [6.07, 6.45) is 0. The number of hydrogen-bond donors (Lipinski definition) is 1. The fourth-order valence-corrected chi connectivity index (χ4v) is 3.82. The number of halogens is 1.